The van der Waals surface area contributed by atoms with Gasteiger partial charge in [0.05, 0.1) is 19.0 Å². The Bertz CT molecular complexity index is 636. The maximum absolute atomic E-state index is 12.0. The number of carbonyl (C=O) groups excluding carboxylic acids is 1. The summed E-state index contributed by atoms with van der Waals surface area (Å²) in [7, 11) is 3.16. The van der Waals surface area contributed by atoms with Gasteiger partial charge in [-0.2, -0.15) is 0 Å². The second kappa shape index (κ2) is 8.26. The number of benzene rings is 1. The molecule has 1 unspecified atom stereocenters. The van der Waals surface area contributed by atoms with Gasteiger partial charge in [-0.05, 0) is 23.8 Å². The molecule has 1 heterocycles. The van der Waals surface area contributed by atoms with Crippen molar-refractivity contribution in [3.63, 3.8) is 0 Å². The Morgan fingerprint density at radius 1 is 1.43 bits per heavy atom. The van der Waals surface area contributed by atoms with Crippen molar-refractivity contribution in [3.8, 4) is 5.69 Å². The van der Waals surface area contributed by atoms with Crippen molar-refractivity contribution in [3.05, 3.63) is 54.6 Å². The number of likely N-dealkylation sites (N-methyl/N-ethyl adjacent to an activating group) is 1. The number of hydrogen-bond acceptors (Lipinski definition) is 4. The van der Waals surface area contributed by atoms with Crippen LogP contribution in [0.15, 0.2) is 49.1 Å². The van der Waals surface area contributed by atoms with Crippen LogP contribution in [0.2, 0.25) is 0 Å². The fourth-order valence-corrected chi connectivity index (χ4v) is 2.12. The maximum Gasteiger partial charge on any atom is 0.246 e. The minimum atomic E-state index is -0.684. The van der Waals surface area contributed by atoms with Gasteiger partial charge >= 0.3 is 0 Å². The number of rotatable bonds is 7. The minimum absolute atomic E-state index is 0.168. The SMILES string of the molecule is COCC(O)CN(C)C(=O)/C=C/c1ccc(-n2ccnc2)cc1. The fourth-order valence-electron chi connectivity index (χ4n) is 2.12. The molecule has 6 heteroatoms. The second-order valence-electron chi connectivity index (χ2n) is 5.22. The molecule has 0 radical (unpaired) electrons. The van der Waals surface area contributed by atoms with Crippen molar-refractivity contribution >= 4 is 12.0 Å². The minimum Gasteiger partial charge on any atom is -0.389 e. The van der Waals surface area contributed by atoms with Crippen LogP contribution >= 0.6 is 0 Å². The molecule has 6 nitrogen and oxygen atoms in total. The average Bonchev–Trinajstić information content (AvgIpc) is 3.07. The number of aliphatic hydroxyl groups excluding tert-OH is 1. The van der Waals surface area contributed by atoms with Crippen LogP contribution in [0.5, 0.6) is 0 Å². The summed E-state index contributed by atoms with van der Waals surface area (Å²) in [5, 5.41) is 9.62. The average molecular weight is 315 g/mol. The van der Waals surface area contributed by atoms with E-state index in [9.17, 15) is 9.90 Å². The largest absolute Gasteiger partial charge is 0.389 e. The van der Waals surface area contributed by atoms with E-state index in [1.54, 1.807) is 25.6 Å². The van der Waals surface area contributed by atoms with Crippen LogP contribution in [0.25, 0.3) is 11.8 Å². The highest BCUT2D eigenvalue weighted by Gasteiger charge is 2.11. The number of methoxy groups -OCH3 is 1. The number of amides is 1. The Kier molecular flexibility index (Phi) is 6.08. The lowest BCUT2D eigenvalue weighted by molar-refractivity contribution is -0.126. The molecule has 23 heavy (non-hydrogen) atoms. The first kappa shape index (κ1) is 16.9. The van der Waals surface area contributed by atoms with Crippen molar-refractivity contribution < 1.29 is 14.6 Å². The molecule has 122 valence electrons. The highest BCUT2D eigenvalue weighted by molar-refractivity contribution is 5.91. The van der Waals surface area contributed by atoms with E-state index in [2.05, 4.69) is 4.98 Å². The number of hydrogen-bond donors (Lipinski definition) is 1. The van der Waals surface area contributed by atoms with Crippen LogP contribution in [0, 0.1) is 0 Å². The van der Waals surface area contributed by atoms with E-state index in [-0.39, 0.29) is 19.1 Å². The molecule has 1 atom stereocenters. The standard InChI is InChI=1S/C17H21N3O3/c1-19(11-16(21)12-23-2)17(22)8-5-14-3-6-15(7-4-14)20-10-9-18-13-20/h3-10,13,16,21H,11-12H2,1-2H3/b8-5+. The van der Waals surface area contributed by atoms with Crippen LogP contribution in [0.1, 0.15) is 5.56 Å². The van der Waals surface area contributed by atoms with Crippen LogP contribution in [0.3, 0.4) is 0 Å². The summed E-state index contributed by atoms with van der Waals surface area (Å²) >= 11 is 0. The molecular formula is C17H21N3O3. The Labute approximate surface area is 135 Å². The number of aliphatic hydroxyl groups is 1. The Balaban J connectivity index is 1.93. The molecule has 1 aromatic carbocycles. The Hall–Kier alpha value is -2.44. The van der Waals surface area contributed by atoms with E-state index < -0.39 is 6.10 Å². The number of ether oxygens (including phenoxy) is 1. The summed E-state index contributed by atoms with van der Waals surface area (Å²) in [5.41, 5.74) is 1.93. The third kappa shape index (κ3) is 5.05. The molecule has 0 saturated heterocycles. The Morgan fingerprint density at radius 2 is 2.17 bits per heavy atom. The lowest BCUT2D eigenvalue weighted by Crippen LogP contribution is -2.35. The highest BCUT2D eigenvalue weighted by Crippen LogP contribution is 2.10. The van der Waals surface area contributed by atoms with Gasteiger partial charge in [0.1, 0.15) is 0 Å². The van der Waals surface area contributed by atoms with E-state index in [1.807, 2.05) is 35.0 Å². The van der Waals surface area contributed by atoms with Crippen molar-refractivity contribution in [2.75, 3.05) is 27.3 Å². The lowest BCUT2D eigenvalue weighted by atomic mass is 10.2. The molecule has 1 N–H and O–H groups in total. The Morgan fingerprint density at radius 3 is 2.78 bits per heavy atom. The topological polar surface area (TPSA) is 67.6 Å². The summed E-state index contributed by atoms with van der Waals surface area (Å²) in [6.07, 6.45) is 7.88. The first-order valence-electron chi connectivity index (χ1n) is 7.28. The number of aromatic nitrogens is 2. The van der Waals surface area contributed by atoms with Crippen LogP contribution in [0.4, 0.5) is 0 Å². The van der Waals surface area contributed by atoms with Gasteiger partial charge in [0.25, 0.3) is 0 Å². The second-order valence-corrected chi connectivity index (χ2v) is 5.22. The maximum atomic E-state index is 12.0. The quantitative estimate of drug-likeness (QED) is 0.783. The number of carbonyl (C=O) groups is 1. The first-order valence-corrected chi connectivity index (χ1v) is 7.28. The summed E-state index contributed by atoms with van der Waals surface area (Å²) < 4.78 is 6.75. The van der Waals surface area contributed by atoms with Crippen LogP contribution < -0.4 is 0 Å². The highest BCUT2D eigenvalue weighted by atomic mass is 16.5. The predicted octanol–water partition coefficient (Wildman–Crippen LogP) is 1.35. The van der Waals surface area contributed by atoms with Crippen molar-refractivity contribution in [2.45, 2.75) is 6.10 Å². The molecule has 0 bridgehead atoms. The smallest absolute Gasteiger partial charge is 0.246 e. The van der Waals surface area contributed by atoms with E-state index in [0.29, 0.717) is 0 Å². The zero-order valence-corrected chi connectivity index (χ0v) is 13.3. The summed E-state index contributed by atoms with van der Waals surface area (Å²) in [6.45, 7) is 0.438. The molecule has 0 fully saturated rings. The summed E-state index contributed by atoms with van der Waals surface area (Å²) in [5.74, 6) is -0.168. The van der Waals surface area contributed by atoms with Gasteiger partial charge in [-0.15, -0.1) is 0 Å². The van der Waals surface area contributed by atoms with E-state index in [1.165, 1.54) is 18.1 Å². The third-order valence-electron chi connectivity index (χ3n) is 3.33. The van der Waals surface area contributed by atoms with Gasteiger partial charge < -0.3 is 19.3 Å². The van der Waals surface area contributed by atoms with E-state index in [4.69, 9.17) is 4.74 Å². The van der Waals surface area contributed by atoms with Gasteiger partial charge in [0, 0.05) is 44.9 Å². The summed E-state index contributed by atoms with van der Waals surface area (Å²) in [6, 6.07) is 7.77. The zero-order valence-electron chi connectivity index (χ0n) is 13.3. The lowest BCUT2D eigenvalue weighted by Gasteiger charge is -2.18. The number of imidazole rings is 1. The van der Waals surface area contributed by atoms with Gasteiger partial charge in [-0.1, -0.05) is 12.1 Å². The van der Waals surface area contributed by atoms with Crippen LogP contribution in [-0.4, -0.2) is 58.9 Å². The zero-order chi connectivity index (χ0) is 16.7. The summed E-state index contributed by atoms with van der Waals surface area (Å²) in [4.78, 5) is 17.4. The monoisotopic (exact) mass is 315 g/mol. The molecule has 0 saturated carbocycles. The van der Waals surface area contributed by atoms with Crippen molar-refractivity contribution in [2.24, 2.45) is 0 Å². The molecule has 2 rings (SSSR count). The molecule has 0 aliphatic carbocycles. The fraction of sp³-hybridized carbons (Fsp3) is 0.294. The van der Waals surface area contributed by atoms with Gasteiger partial charge in [-0.3, -0.25) is 4.79 Å². The first-order chi connectivity index (χ1) is 11.1. The molecule has 2 aromatic rings. The number of nitrogens with zero attached hydrogens (tertiary/aromatic N) is 3. The molecule has 0 aliphatic rings. The molecule has 1 amide bonds. The predicted molar refractivity (Wildman–Crippen MR) is 88.1 cm³/mol. The normalized spacial score (nSPS) is 12.5. The molecular weight excluding hydrogens is 294 g/mol. The van der Waals surface area contributed by atoms with Gasteiger partial charge in [0.2, 0.25) is 5.91 Å². The molecule has 0 aliphatic heterocycles. The third-order valence-corrected chi connectivity index (χ3v) is 3.33. The van der Waals surface area contributed by atoms with E-state index in [0.717, 1.165) is 11.3 Å². The van der Waals surface area contributed by atoms with Crippen molar-refractivity contribution in [1.82, 2.24) is 14.5 Å². The van der Waals surface area contributed by atoms with Gasteiger partial charge in [-0.25, -0.2) is 4.98 Å². The molecule has 1 aromatic heterocycles. The van der Waals surface area contributed by atoms with Crippen molar-refractivity contribution in [1.29, 1.82) is 0 Å². The van der Waals surface area contributed by atoms with Gasteiger partial charge in [0.15, 0.2) is 0 Å². The van der Waals surface area contributed by atoms with Crippen LogP contribution in [-0.2, 0) is 9.53 Å². The molecule has 0 spiro atoms. The van der Waals surface area contributed by atoms with E-state index >= 15 is 0 Å².